The summed E-state index contributed by atoms with van der Waals surface area (Å²) in [5.74, 6) is -0.647. The second-order valence-electron chi connectivity index (χ2n) is 4.51. The summed E-state index contributed by atoms with van der Waals surface area (Å²) in [5.41, 5.74) is 0.459. The molecule has 0 aliphatic carbocycles. The van der Waals surface area contributed by atoms with Crippen LogP contribution in [0.4, 0.5) is 0 Å². The molecule has 6 heteroatoms. The minimum Gasteiger partial charge on any atom is -0.394 e. The first-order chi connectivity index (χ1) is 9.72. The predicted octanol–water partition coefficient (Wildman–Crippen LogP) is -0.364. The first kappa shape index (κ1) is 14.5. The summed E-state index contributed by atoms with van der Waals surface area (Å²) < 4.78 is 5.17. The molecule has 0 bridgehead atoms. The second kappa shape index (κ2) is 7.02. The summed E-state index contributed by atoms with van der Waals surface area (Å²) in [7, 11) is 0. The van der Waals surface area contributed by atoms with E-state index in [4.69, 9.17) is 4.74 Å². The summed E-state index contributed by atoms with van der Waals surface area (Å²) in [4.78, 5) is 25.8. The van der Waals surface area contributed by atoms with Crippen LogP contribution in [-0.2, 0) is 9.53 Å². The summed E-state index contributed by atoms with van der Waals surface area (Å²) in [6, 6.07) is 7.69. The quantitative estimate of drug-likeness (QED) is 0.788. The van der Waals surface area contributed by atoms with Gasteiger partial charge in [-0.2, -0.15) is 0 Å². The van der Waals surface area contributed by atoms with Crippen LogP contribution in [0, 0.1) is 0 Å². The number of hydrogen-bond donors (Lipinski definition) is 2. The van der Waals surface area contributed by atoms with Gasteiger partial charge in [0.05, 0.1) is 19.8 Å². The van der Waals surface area contributed by atoms with E-state index in [1.807, 2.05) is 0 Å². The average Bonchev–Trinajstić information content (AvgIpc) is 2.53. The van der Waals surface area contributed by atoms with E-state index in [9.17, 15) is 14.7 Å². The van der Waals surface area contributed by atoms with E-state index in [0.717, 1.165) is 0 Å². The normalized spacial score (nSPS) is 16.6. The van der Waals surface area contributed by atoms with Crippen molar-refractivity contribution in [2.24, 2.45) is 0 Å². The van der Waals surface area contributed by atoms with Gasteiger partial charge in [-0.15, -0.1) is 0 Å². The number of morpholine rings is 1. The summed E-state index contributed by atoms with van der Waals surface area (Å²) in [6.07, 6.45) is 0. The van der Waals surface area contributed by atoms with Crippen LogP contribution in [-0.4, -0.2) is 60.8 Å². The lowest BCUT2D eigenvalue weighted by atomic mass is 10.2. The Morgan fingerprint density at radius 1 is 1.25 bits per heavy atom. The molecule has 1 fully saturated rings. The largest absolute Gasteiger partial charge is 0.394 e. The topological polar surface area (TPSA) is 78.9 Å². The van der Waals surface area contributed by atoms with E-state index in [-0.39, 0.29) is 11.8 Å². The number of rotatable bonds is 4. The SMILES string of the molecule is O=C(NC(CO)C(=O)N1CCOCC1)c1ccccc1. The third-order valence-corrected chi connectivity index (χ3v) is 3.14. The highest BCUT2D eigenvalue weighted by Gasteiger charge is 2.26. The molecule has 1 aliphatic heterocycles. The summed E-state index contributed by atoms with van der Waals surface area (Å²) in [5, 5.41) is 11.9. The van der Waals surface area contributed by atoms with Gasteiger partial charge in [-0.3, -0.25) is 9.59 Å². The zero-order valence-electron chi connectivity index (χ0n) is 11.1. The second-order valence-corrected chi connectivity index (χ2v) is 4.51. The van der Waals surface area contributed by atoms with E-state index < -0.39 is 12.6 Å². The van der Waals surface area contributed by atoms with Gasteiger partial charge in [-0.1, -0.05) is 18.2 Å². The Kier molecular flexibility index (Phi) is 5.09. The number of nitrogens with one attached hydrogen (secondary N) is 1. The molecule has 1 aromatic carbocycles. The van der Waals surface area contributed by atoms with Crippen molar-refractivity contribution in [1.82, 2.24) is 10.2 Å². The maximum atomic E-state index is 12.2. The smallest absolute Gasteiger partial charge is 0.251 e. The first-order valence-electron chi connectivity index (χ1n) is 6.55. The molecular weight excluding hydrogens is 260 g/mol. The molecule has 1 atom stereocenters. The van der Waals surface area contributed by atoms with Crippen molar-refractivity contribution in [3.05, 3.63) is 35.9 Å². The molecule has 1 heterocycles. The zero-order chi connectivity index (χ0) is 14.4. The van der Waals surface area contributed by atoms with Gasteiger partial charge in [0, 0.05) is 18.7 Å². The van der Waals surface area contributed by atoms with E-state index in [1.165, 1.54) is 0 Å². The molecule has 1 aromatic rings. The van der Waals surface area contributed by atoms with E-state index >= 15 is 0 Å². The van der Waals surface area contributed by atoms with Crippen LogP contribution in [0.25, 0.3) is 0 Å². The van der Waals surface area contributed by atoms with Crippen molar-refractivity contribution in [2.45, 2.75) is 6.04 Å². The fourth-order valence-corrected chi connectivity index (χ4v) is 2.02. The standard InChI is InChI=1S/C14H18N2O4/c17-10-12(14(19)16-6-8-20-9-7-16)15-13(18)11-4-2-1-3-5-11/h1-5,12,17H,6-10H2,(H,15,18). The molecule has 0 aromatic heterocycles. The van der Waals surface area contributed by atoms with Crippen molar-refractivity contribution in [1.29, 1.82) is 0 Å². The molecular formula is C14H18N2O4. The number of amides is 2. The maximum Gasteiger partial charge on any atom is 0.251 e. The van der Waals surface area contributed by atoms with Crippen molar-refractivity contribution < 1.29 is 19.4 Å². The fraction of sp³-hybridized carbons (Fsp3) is 0.429. The third kappa shape index (κ3) is 3.55. The van der Waals surface area contributed by atoms with Crippen molar-refractivity contribution in [3.8, 4) is 0 Å². The van der Waals surface area contributed by atoms with Gasteiger partial charge in [0.15, 0.2) is 0 Å². The first-order valence-corrected chi connectivity index (χ1v) is 6.55. The van der Waals surface area contributed by atoms with Gasteiger partial charge >= 0.3 is 0 Å². The number of hydrogen-bond acceptors (Lipinski definition) is 4. The number of aliphatic hydroxyl groups excluding tert-OH is 1. The van der Waals surface area contributed by atoms with Gasteiger partial charge < -0.3 is 20.1 Å². The number of nitrogens with zero attached hydrogens (tertiary/aromatic N) is 1. The molecule has 1 aliphatic rings. The Bertz CT molecular complexity index is 458. The van der Waals surface area contributed by atoms with Crippen LogP contribution < -0.4 is 5.32 Å². The third-order valence-electron chi connectivity index (χ3n) is 3.14. The number of carbonyl (C=O) groups is 2. The molecule has 0 radical (unpaired) electrons. The van der Waals surface area contributed by atoms with Crippen molar-refractivity contribution >= 4 is 11.8 Å². The van der Waals surface area contributed by atoms with Crippen molar-refractivity contribution in [3.63, 3.8) is 0 Å². The van der Waals surface area contributed by atoms with Crippen LogP contribution in [0.2, 0.25) is 0 Å². The molecule has 2 amide bonds. The van der Waals surface area contributed by atoms with Gasteiger partial charge in [0.2, 0.25) is 5.91 Å². The Balaban J connectivity index is 1.97. The average molecular weight is 278 g/mol. The Hall–Kier alpha value is -1.92. The maximum absolute atomic E-state index is 12.2. The minimum atomic E-state index is -0.916. The van der Waals surface area contributed by atoms with Crippen LogP contribution >= 0.6 is 0 Å². The minimum absolute atomic E-state index is 0.278. The number of ether oxygens (including phenoxy) is 1. The van der Waals surface area contributed by atoms with Crippen molar-refractivity contribution in [2.75, 3.05) is 32.9 Å². The van der Waals surface area contributed by atoms with Crippen LogP contribution in [0.3, 0.4) is 0 Å². The Morgan fingerprint density at radius 2 is 1.90 bits per heavy atom. The number of aliphatic hydroxyl groups is 1. The molecule has 0 saturated carbocycles. The van der Waals surface area contributed by atoms with Gasteiger partial charge in [0.1, 0.15) is 6.04 Å². The van der Waals surface area contributed by atoms with E-state index in [1.54, 1.807) is 35.2 Å². The molecule has 2 N–H and O–H groups in total. The lowest BCUT2D eigenvalue weighted by molar-refractivity contribution is -0.138. The molecule has 6 nitrogen and oxygen atoms in total. The van der Waals surface area contributed by atoms with Crippen LogP contribution in [0.15, 0.2) is 30.3 Å². The Morgan fingerprint density at radius 3 is 2.50 bits per heavy atom. The van der Waals surface area contributed by atoms with E-state index in [2.05, 4.69) is 5.32 Å². The zero-order valence-corrected chi connectivity index (χ0v) is 11.1. The number of carbonyl (C=O) groups excluding carboxylic acids is 2. The fourth-order valence-electron chi connectivity index (χ4n) is 2.02. The highest BCUT2D eigenvalue weighted by atomic mass is 16.5. The van der Waals surface area contributed by atoms with Gasteiger partial charge in [-0.25, -0.2) is 0 Å². The monoisotopic (exact) mass is 278 g/mol. The number of benzene rings is 1. The summed E-state index contributed by atoms with van der Waals surface area (Å²) >= 11 is 0. The van der Waals surface area contributed by atoms with Crippen LogP contribution in [0.1, 0.15) is 10.4 Å². The highest BCUT2D eigenvalue weighted by molar-refractivity contribution is 5.97. The molecule has 1 unspecified atom stereocenters. The predicted molar refractivity (Wildman–Crippen MR) is 72.2 cm³/mol. The lowest BCUT2D eigenvalue weighted by Gasteiger charge is -2.30. The highest BCUT2D eigenvalue weighted by Crippen LogP contribution is 2.03. The molecule has 1 saturated heterocycles. The molecule has 0 spiro atoms. The lowest BCUT2D eigenvalue weighted by Crippen LogP contribution is -2.53. The van der Waals surface area contributed by atoms with Gasteiger partial charge in [-0.05, 0) is 12.1 Å². The summed E-state index contributed by atoms with van der Waals surface area (Å²) in [6.45, 7) is 1.51. The molecule has 20 heavy (non-hydrogen) atoms. The van der Waals surface area contributed by atoms with Gasteiger partial charge in [0.25, 0.3) is 5.91 Å². The van der Waals surface area contributed by atoms with E-state index in [0.29, 0.717) is 31.9 Å². The molecule has 108 valence electrons. The Labute approximate surface area is 117 Å². The van der Waals surface area contributed by atoms with Crippen LogP contribution in [0.5, 0.6) is 0 Å². The molecule has 2 rings (SSSR count).